The van der Waals surface area contributed by atoms with Crippen LogP contribution in [0.3, 0.4) is 0 Å². The molecular formula is C16H24ClFN2. The molecule has 0 unspecified atom stereocenters. The lowest BCUT2D eigenvalue weighted by molar-refractivity contribution is 0.124. The summed E-state index contributed by atoms with van der Waals surface area (Å²) in [6, 6.07) is 5.45. The minimum atomic E-state index is -0.241. The average Bonchev–Trinajstić information content (AvgIpc) is 2.36. The fourth-order valence-electron chi connectivity index (χ4n) is 2.94. The number of hydrogen-bond acceptors (Lipinski definition) is 2. The summed E-state index contributed by atoms with van der Waals surface area (Å²) in [7, 11) is 4.22. The first-order valence-electron chi connectivity index (χ1n) is 7.38. The van der Waals surface area contributed by atoms with Gasteiger partial charge in [-0.1, -0.05) is 18.0 Å². The molecule has 1 fully saturated rings. The molecule has 1 aromatic rings. The van der Waals surface area contributed by atoms with Gasteiger partial charge in [0.25, 0.3) is 0 Å². The normalized spacial score (nSPS) is 20.6. The third-order valence-corrected chi connectivity index (χ3v) is 4.18. The van der Waals surface area contributed by atoms with Crippen LogP contribution in [0, 0.1) is 5.82 Å². The van der Waals surface area contributed by atoms with E-state index in [1.807, 2.05) is 6.07 Å². The van der Waals surface area contributed by atoms with E-state index in [1.165, 1.54) is 31.7 Å². The van der Waals surface area contributed by atoms with Gasteiger partial charge in [-0.3, -0.25) is 4.90 Å². The lowest BCUT2D eigenvalue weighted by atomic mass is 9.98. The van der Waals surface area contributed by atoms with Crippen LogP contribution in [-0.4, -0.2) is 43.0 Å². The maximum Gasteiger partial charge on any atom is 0.125 e. The van der Waals surface area contributed by atoms with Crippen LogP contribution in [-0.2, 0) is 6.54 Å². The monoisotopic (exact) mass is 298 g/mol. The minimum Gasteiger partial charge on any atom is -0.309 e. The zero-order chi connectivity index (χ0) is 14.5. The molecule has 0 bridgehead atoms. The van der Waals surface area contributed by atoms with Crippen molar-refractivity contribution in [3.63, 3.8) is 0 Å². The molecule has 1 aliphatic heterocycles. The molecule has 0 aliphatic carbocycles. The van der Waals surface area contributed by atoms with Crippen LogP contribution in [0.4, 0.5) is 4.39 Å². The van der Waals surface area contributed by atoms with Gasteiger partial charge in [-0.15, -0.1) is 0 Å². The van der Waals surface area contributed by atoms with Crippen LogP contribution in [0.5, 0.6) is 0 Å². The van der Waals surface area contributed by atoms with Crippen LogP contribution in [0.15, 0.2) is 18.2 Å². The summed E-state index contributed by atoms with van der Waals surface area (Å²) in [5, 5.41) is 0.488. The van der Waals surface area contributed by atoms with E-state index < -0.39 is 0 Å². The Morgan fingerprint density at radius 2 is 2.10 bits per heavy atom. The number of halogens is 2. The highest BCUT2D eigenvalue weighted by atomic mass is 35.5. The quantitative estimate of drug-likeness (QED) is 0.816. The summed E-state index contributed by atoms with van der Waals surface area (Å²) >= 11 is 5.94. The standard InChI is InChI=1S/C16H24ClFN2/c1-19(2)8-6-16-5-3-4-7-20(16)12-13-9-14(17)11-15(18)10-13/h9-11,16H,3-8,12H2,1-2H3/t16-/m0/s1. The number of piperidine rings is 1. The SMILES string of the molecule is CN(C)CC[C@@H]1CCCCN1Cc1cc(F)cc(Cl)c1. The molecule has 1 aromatic carbocycles. The first-order chi connectivity index (χ1) is 9.54. The highest BCUT2D eigenvalue weighted by Gasteiger charge is 2.22. The number of nitrogens with zero attached hydrogens (tertiary/aromatic N) is 2. The third-order valence-electron chi connectivity index (χ3n) is 3.97. The van der Waals surface area contributed by atoms with Gasteiger partial charge >= 0.3 is 0 Å². The molecular weight excluding hydrogens is 275 g/mol. The van der Waals surface area contributed by atoms with Gasteiger partial charge in [0.05, 0.1) is 0 Å². The Bertz CT molecular complexity index is 416. The molecule has 0 aromatic heterocycles. The van der Waals surface area contributed by atoms with Crippen molar-refractivity contribution in [2.75, 3.05) is 27.2 Å². The molecule has 1 saturated heterocycles. The number of likely N-dealkylation sites (tertiary alicyclic amines) is 1. The van der Waals surface area contributed by atoms with Gasteiger partial charge in [0.15, 0.2) is 0 Å². The summed E-state index contributed by atoms with van der Waals surface area (Å²) in [5.74, 6) is -0.241. The van der Waals surface area contributed by atoms with Crippen molar-refractivity contribution in [2.45, 2.75) is 38.3 Å². The predicted molar refractivity (Wildman–Crippen MR) is 82.6 cm³/mol. The number of rotatable bonds is 5. The van der Waals surface area contributed by atoms with Gasteiger partial charge in [0.1, 0.15) is 5.82 Å². The second-order valence-corrected chi connectivity index (χ2v) is 6.43. The lowest BCUT2D eigenvalue weighted by Crippen LogP contribution is -2.40. The lowest BCUT2D eigenvalue weighted by Gasteiger charge is -2.36. The third kappa shape index (κ3) is 4.72. The van der Waals surface area contributed by atoms with E-state index in [1.54, 1.807) is 6.07 Å². The van der Waals surface area contributed by atoms with Crippen LogP contribution in [0.1, 0.15) is 31.2 Å². The highest BCUT2D eigenvalue weighted by Crippen LogP contribution is 2.23. The molecule has 20 heavy (non-hydrogen) atoms. The Hall–Kier alpha value is -0.640. The molecule has 0 amide bonds. The molecule has 0 N–H and O–H groups in total. The average molecular weight is 299 g/mol. The molecule has 1 aliphatic rings. The Morgan fingerprint density at radius 1 is 1.30 bits per heavy atom. The van der Waals surface area contributed by atoms with Crippen molar-refractivity contribution in [2.24, 2.45) is 0 Å². The van der Waals surface area contributed by atoms with Crippen molar-refractivity contribution in [3.05, 3.63) is 34.6 Å². The van der Waals surface area contributed by atoms with Crippen molar-refractivity contribution in [1.82, 2.24) is 9.80 Å². The van der Waals surface area contributed by atoms with Crippen molar-refractivity contribution >= 4 is 11.6 Å². The molecule has 0 spiro atoms. The highest BCUT2D eigenvalue weighted by molar-refractivity contribution is 6.30. The zero-order valence-corrected chi connectivity index (χ0v) is 13.2. The van der Waals surface area contributed by atoms with Gasteiger partial charge < -0.3 is 4.90 Å². The Morgan fingerprint density at radius 3 is 2.80 bits per heavy atom. The van der Waals surface area contributed by atoms with Gasteiger partial charge in [-0.25, -0.2) is 4.39 Å². The smallest absolute Gasteiger partial charge is 0.125 e. The summed E-state index contributed by atoms with van der Waals surface area (Å²) in [4.78, 5) is 4.71. The van der Waals surface area contributed by atoms with E-state index in [0.717, 1.165) is 25.2 Å². The fourth-order valence-corrected chi connectivity index (χ4v) is 3.18. The molecule has 1 atom stereocenters. The second-order valence-electron chi connectivity index (χ2n) is 5.99. The minimum absolute atomic E-state index is 0.241. The molecule has 2 nitrogen and oxygen atoms in total. The van der Waals surface area contributed by atoms with Crippen molar-refractivity contribution in [1.29, 1.82) is 0 Å². The van der Waals surface area contributed by atoms with Crippen LogP contribution in [0.2, 0.25) is 5.02 Å². The summed E-state index contributed by atoms with van der Waals surface area (Å²) in [5.41, 5.74) is 0.978. The molecule has 1 heterocycles. The van der Waals surface area contributed by atoms with E-state index in [0.29, 0.717) is 11.1 Å². The Labute approximate surface area is 126 Å². The van der Waals surface area contributed by atoms with Gasteiger partial charge in [-0.05, 0) is 70.2 Å². The molecule has 4 heteroatoms. The first-order valence-corrected chi connectivity index (χ1v) is 7.76. The summed E-state index contributed by atoms with van der Waals surface area (Å²) < 4.78 is 13.4. The molecule has 2 rings (SSSR count). The van der Waals surface area contributed by atoms with E-state index in [9.17, 15) is 4.39 Å². The maximum absolute atomic E-state index is 13.4. The van der Waals surface area contributed by atoms with Crippen LogP contribution >= 0.6 is 11.6 Å². The maximum atomic E-state index is 13.4. The molecule has 0 radical (unpaired) electrons. The Balaban J connectivity index is 2.00. The number of hydrogen-bond donors (Lipinski definition) is 0. The van der Waals surface area contributed by atoms with Gasteiger partial charge in [-0.2, -0.15) is 0 Å². The van der Waals surface area contributed by atoms with E-state index in [4.69, 9.17) is 11.6 Å². The predicted octanol–water partition coefficient (Wildman–Crippen LogP) is 3.79. The molecule has 112 valence electrons. The fraction of sp³-hybridized carbons (Fsp3) is 0.625. The number of benzene rings is 1. The van der Waals surface area contributed by atoms with E-state index >= 15 is 0 Å². The van der Waals surface area contributed by atoms with Crippen molar-refractivity contribution in [3.8, 4) is 0 Å². The van der Waals surface area contributed by atoms with Crippen LogP contribution < -0.4 is 0 Å². The topological polar surface area (TPSA) is 6.48 Å². The van der Waals surface area contributed by atoms with Gasteiger partial charge in [0.2, 0.25) is 0 Å². The largest absolute Gasteiger partial charge is 0.309 e. The second kappa shape index (κ2) is 7.39. The van der Waals surface area contributed by atoms with Crippen LogP contribution in [0.25, 0.3) is 0 Å². The van der Waals surface area contributed by atoms with Crippen molar-refractivity contribution < 1.29 is 4.39 Å². The van der Waals surface area contributed by atoms with E-state index in [2.05, 4.69) is 23.9 Å². The first kappa shape index (κ1) is 15.7. The van der Waals surface area contributed by atoms with Gasteiger partial charge in [0, 0.05) is 17.6 Å². The Kier molecular flexibility index (Phi) is 5.82. The summed E-state index contributed by atoms with van der Waals surface area (Å²) in [6.45, 7) is 3.01. The zero-order valence-electron chi connectivity index (χ0n) is 12.4. The van der Waals surface area contributed by atoms with E-state index in [-0.39, 0.29) is 5.82 Å². The summed E-state index contributed by atoms with van der Waals surface area (Å²) in [6.07, 6.45) is 4.97. The molecule has 0 saturated carbocycles.